The van der Waals surface area contributed by atoms with E-state index in [1.807, 2.05) is 13.0 Å². The maximum atomic E-state index is 14.7. The number of benzene rings is 3. The van der Waals surface area contributed by atoms with Gasteiger partial charge in [-0.2, -0.15) is 0 Å². The molecule has 40 heavy (non-hydrogen) atoms. The van der Waals surface area contributed by atoms with Crippen molar-refractivity contribution in [1.82, 2.24) is 5.32 Å². The molecule has 3 aromatic rings. The van der Waals surface area contributed by atoms with Crippen LogP contribution in [-0.4, -0.2) is 31.6 Å². The number of rotatable bonds is 5. The smallest absolute Gasteiger partial charge is 0.238 e. The predicted octanol–water partition coefficient (Wildman–Crippen LogP) is 6.48. The minimum Gasteiger partial charge on any atom is -0.493 e. The summed E-state index contributed by atoms with van der Waals surface area (Å²) in [4.78, 5) is 27.7. The van der Waals surface area contributed by atoms with Gasteiger partial charge in [0.25, 0.3) is 0 Å². The van der Waals surface area contributed by atoms with E-state index in [0.29, 0.717) is 63.9 Å². The van der Waals surface area contributed by atoms with Crippen LogP contribution in [0, 0.1) is 18.7 Å². The first kappa shape index (κ1) is 27.1. The Morgan fingerprint density at radius 2 is 1.75 bits per heavy atom. The lowest BCUT2D eigenvalue weighted by atomic mass is 9.59. The molecule has 0 radical (unpaired) electrons. The van der Waals surface area contributed by atoms with E-state index in [1.54, 1.807) is 36.4 Å². The van der Waals surface area contributed by atoms with Crippen molar-refractivity contribution in [2.75, 3.05) is 25.1 Å². The second-order valence-electron chi connectivity index (χ2n) is 10.8. The molecule has 3 aliphatic heterocycles. The van der Waals surface area contributed by atoms with Crippen LogP contribution in [-0.2, 0) is 19.7 Å². The van der Waals surface area contributed by atoms with Gasteiger partial charge in [0.05, 0.1) is 12.6 Å². The van der Waals surface area contributed by atoms with Crippen LogP contribution >= 0.6 is 23.2 Å². The van der Waals surface area contributed by atoms with E-state index in [0.717, 1.165) is 18.4 Å². The van der Waals surface area contributed by atoms with Gasteiger partial charge in [-0.05, 0) is 84.8 Å². The third-order valence-corrected chi connectivity index (χ3v) is 8.94. The van der Waals surface area contributed by atoms with Crippen LogP contribution in [0.4, 0.5) is 10.1 Å². The average Bonchev–Trinajstić information content (AvgIpc) is 3.22. The van der Waals surface area contributed by atoms with E-state index in [1.165, 1.54) is 12.1 Å². The Morgan fingerprint density at radius 3 is 2.55 bits per heavy atom. The Kier molecular flexibility index (Phi) is 7.23. The molecule has 3 unspecified atom stereocenters. The Hall–Kier alpha value is -3.13. The van der Waals surface area contributed by atoms with Crippen LogP contribution in [0.25, 0.3) is 0 Å². The molecule has 2 saturated heterocycles. The topological polar surface area (TPSA) is 76.7 Å². The number of hydrogen-bond acceptors (Lipinski definition) is 4. The molecule has 9 heteroatoms. The Balaban J connectivity index is 1.54. The van der Waals surface area contributed by atoms with Gasteiger partial charge in [-0.3, -0.25) is 9.59 Å². The molecular formula is C31H29Cl2FN2O4. The molecule has 208 valence electrons. The summed E-state index contributed by atoms with van der Waals surface area (Å²) in [5, 5.41) is 6.99. The molecule has 3 heterocycles. The van der Waals surface area contributed by atoms with Gasteiger partial charge >= 0.3 is 0 Å². The van der Waals surface area contributed by atoms with Crippen molar-refractivity contribution in [2.24, 2.45) is 5.92 Å². The van der Waals surface area contributed by atoms with Gasteiger partial charge in [-0.25, -0.2) is 4.39 Å². The van der Waals surface area contributed by atoms with Gasteiger partial charge < -0.3 is 20.1 Å². The van der Waals surface area contributed by atoms with E-state index < -0.39 is 23.2 Å². The van der Waals surface area contributed by atoms with Crippen molar-refractivity contribution in [2.45, 2.75) is 43.6 Å². The number of nitrogens with one attached hydrogen (secondary N) is 2. The quantitative estimate of drug-likeness (QED) is 0.361. The molecule has 3 atom stereocenters. The largest absolute Gasteiger partial charge is 0.493 e. The fourth-order valence-corrected chi connectivity index (χ4v) is 6.84. The number of carbonyl (C=O) groups excluding carboxylic acids is 2. The third kappa shape index (κ3) is 4.64. The Bertz CT molecular complexity index is 1490. The lowest BCUT2D eigenvalue weighted by Gasteiger charge is -2.47. The summed E-state index contributed by atoms with van der Waals surface area (Å²) in [7, 11) is 0. The number of aryl methyl sites for hydroxylation is 1. The SMILES string of the molecule is Cc1ccc(F)cc1C1NC(=O)CC(c2cc(Cl)ccc2OCC2CCOCC2)C12C(=O)Nc1cc(Cl)ccc12. The minimum absolute atomic E-state index is 0.00825. The van der Waals surface area contributed by atoms with E-state index in [4.69, 9.17) is 32.7 Å². The zero-order valence-corrected chi connectivity index (χ0v) is 23.4. The number of anilines is 1. The molecular weight excluding hydrogens is 554 g/mol. The maximum absolute atomic E-state index is 14.7. The third-order valence-electron chi connectivity index (χ3n) is 8.47. The summed E-state index contributed by atoms with van der Waals surface area (Å²) in [6, 6.07) is 14.1. The van der Waals surface area contributed by atoms with Crippen LogP contribution in [0.1, 0.15) is 53.5 Å². The highest BCUT2D eigenvalue weighted by Gasteiger charge is 2.61. The number of halogens is 3. The highest BCUT2D eigenvalue weighted by molar-refractivity contribution is 6.31. The van der Waals surface area contributed by atoms with Crippen LogP contribution < -0.4 is 15.4 Å². The number of ether oxygens (including phenoxy) is 2. The number of carbonyl (C=O) groups is 2. The van der Waals surface area contributed by atoms with Crippen molar-refractivity contribution < 1.29 is 23.5 Å². The van der Waals surface area contributed by atoms with Crippen LogP contribution in [0.15, 0.2) is 54.6 Å². The molecule has 2 N–H and O–H groups in total. The highest BCUT2D eigenvalue weighted by atomic mass is 35.5. The van der Waals surface area contributed by atoms with Crippen LogP contribution in [0.2, 0.25) is 10.0 Å². The molecule has 0 saturated carbocycles. The predicted molar refractivity (Wildman–Crippen MR) is 152 cm³/mol. The van der Waals surface area contributed by atoms with Gasteiger partial charge in [-0.1, -0.05) is 35.3 Å². The molecule has 0 aromatic heterocycles. The van der Waals surface area contributed by atoms with Crippen molar-refractivity contribution in [3.05, 3.63) is 92.7 Å². The number of hydrogen-bond donors (Lipinski definition) is 2. The highest BCUT2D eigenvalue weighted by Crippen LogP contribution is 2.59. The summed E-state index contributed by atoms with van der Waals surface area (Å²) in [6.07, 6.45) is 1.81. The van der Waals surface area contributed by atoms with Gasteiger partial charge in [-0.15, -0.1) is 0 Å². The van der Waals surface area contributed by atoms with E-state index in [2.05, 4.69) is 10.6 Å². The van der Waals surface area contributed by atoms with Gasteiger partial charge in [0.1, 0.15) is 17.0 Å². The van der Waals surface area contributed by atoms with Crippen LogP contribution in [0.5, 0.6) is 5.75 Å². The first-order valence-corrected chi connectivity index (χ1v) is 14.2. The second-order valence-corrected chi connectivity index (χ2v) is 11.7. The number of fused-ring (bicyclic) bond motifs is 2. The number of piperidine rings is 1. The molecule has 2 fully saturated rings. The van der Waals surface area contributed by atoms with E-state index in [9.17, 15) is 14.0 Å². The van der Waals surface area contributed by atoms with Crippen molar-refractivity contribution in [3.63, 3.8) is 0 Å². The zero-order valence-electron chi connectivity index (χ0n) is 21.9. The second kappa shape index (κ2) is 10.7. The van der Waals surface area contributed by atoms with E-state index in [-0.39, 0.29) is 18.2 Å². The summed E-state index contributed by atoms with van der Waals surface area (Å²) in [5.41, 5.74) is 1.85. The summed E-state index contributed by atoms with van der Waals surface area (Å²) < 4.78 is 26.5. The normalized spacial score (nSPS) is 24.5. The maximum Gasteiger partial charge on any atom is 0.238 e. The molecule has 2 amide bonds. The first-order chi connectivity index (χ1) is 19.3. The average molecular weight is 583 g/mol. The summed E-state index contributed by atoms with van der Waals surface area (Å²) in [6.45, 7) is 3.72. The summed E-state index contributed by atoms with van der Waals surface area (Å²) in [5.74, 6) is -0.778. The fourth-order valence-electron chi connectivity index (χ4n) is 6.49. The van der Waals surface area contributed by atoms with Gasteiger partial charge in [0.15, 0.2) is 0 Å². The van der Waals surface area contributed by atoms with Crippen molar-refractivity contribution >= 4 is 40.7 Å². The molecule has 1 spiro atoms. The molecule has 6 nitrogen and oxygen atoms in total. The van der Waals surface area contributed by atoms with Gasteiger partial charge in [0, 0.05) is 46.8 Å². The molecule has 3 aromatic carbocycles. The van der Waals surface area contributed by atoms with Crippen molar-refractivity contribution in [1.29, 1.82) is 0 Å². The number of amides is 2. The van der Waals surface area contributed by atoms with Crippen molar-refractivity contribution in [3.8, 4) is 5.75 Å². The molecule has 0 bridgehead atoms. The fraction of sp³-hybridized carbons (Fsp3) is 0.355. The molecule has 6 rings (SSSR count). The van der Waals surface area contributed by atoms with Crippen LogP contribution in [0.3, 0.4) is 0 Å². The summed E-state index contributed by atoms with van der Waals surface area (Å²) >= 11 is 12.9. The van der Waals surface area contributed by atoms with E-state index >= 15 is 0 Å². The minimum atomic E-state index is -1.33. The Labute approximate surface area is 242 Å². The monoisotopic (exact) mass is 582 g/mol. The molecule has 3 aliphatic rings. The lowest BCUT2D eigenvalue weighted by Crippen LogP contribution is -2.57. The lowest BCUT2D eigenvalue weighted by molar-refractivity contribution is -0.131. The standard InChI is InChI=1S/C31H29Cl2FN2O4/c1-17-2-5-21(34)14-22(17)29-31(24-6-3-20(33)13-26(24)35-30(31)38)25(15-28(37)36-29)23-12-19(32)4-7-27(23)40-16-18-8-10-39-11-9-18/h2-7,12-14,18,25,29H,8-11,15-16H2,1H3,(H,35,38)(H,36,37). The molecule has 0 aliphatic carbocycles. The Morgan fingerprint density at radius 1 is 1.00 bits per heavy atom. The first-order valence-electron chi connectivity index (χ1n) is 13.4. The zero-order chi connectivity index (χ0) is 28.0. The van der Waals surface area contributed by atoms with Gasteiger partial charge in [0.2, 0.25) is 11.8 Å².